The highest BCUT2D eigenvalue weighted by molar-refractivity contribution is 6.45. The van der Waals surface area contributed by atoms with Crippen LogP contribution in [0.1, 0.15) is 32.0 Å². The summed E-state index contributed by atoms with van der Waals surface area (Å²) in [5.41, 5.74) is 2.30. The second-order valence-electron chi connectivity index (χ2n) is 10.4. The van der Waals surface area contributed by atoms with Crippen LogP contribution >= 0.6 is 23.2 Å². The van der Waals surface area contributed by atoms with Gasteiger partial charge in [-0.2, -0.15) is 5.10 Å². The van der Waals surface area contributed by atoms with Crippen LogP contribution < -0.4 is 25.4 Å². The maximum Gasteiger partial charge on any atom is 0.324 e. The van der Waals surface area contributed by atoms with E-state index in [-0.39, 0.29) is 40.3 Å². The summed E-state index contributed by atoms with van der Waals surface area (Å²) < 4.78 is 17.6. The number of ether oxygens (including phenoxy) is 3. The molecule has 2 heterocycles. The zero-order valence-electron chi connectivity index (χ0n) is 24.3. The third-order valence-corrected chi connectivity index (χ3v) is 6.96. The van der Waals surface area contributed by atoms with Gasteiger partial charge in [0.1, 0.15) is 41.4 Å². The van der Waals surface area contributed by atoms with Crippen LogP contribution in [0.15, 0.2) is 60.8 Å². The number of hydrogen-bond donors (Lipinski definition) is 3. The minimum absolute atomic E-state index is 0.0841. The van der Waals surface area contributed by atoms with Crippen LogP contribution in [-0.2, 0) is 21.6 Å². The molecule has 0 atom stereocenters. The number of nitrogens with zero attached hydrogens (tertiary/aromatic N) is 3. The molecule has 43 heavy (non-hydrogen) atoms. The summed E-state index contributed by atoms with van der Waals surface area (Å²) in [5, 5.41) is 13.2. The molecule has 0 saturated carbocycles. The van der Waals surface area contributed by atoms with Crippen molar-refractivity contribution < 1.29 is 23.8 Å². The fraction of sp³-hybridized carbons (Fsp3) is 0.267. The number of urea groups is 1. The van der Waals surface area contributed by atoms with Crippen molar-refractivity contribution in [2.24, 2.45) is 0 Å². The van der Waals surface area contributed by atoms with Crippen LogP contribution in [-0.4, -0.2) is 47.5 Å². The zero-order valence-corrected chi connectivity index (χ0v) is 25.8. The van der Waals surface area contributed by atoms with Gasteiger partial charge >= 0.3 is 6.03 Å². The molecular weight excluding hydrogens is 595 g/mol. The number of halogens is 2. The van der Waals surface area contributed by atoms with Gasteiger partial charge in [0, 0.05) is 24.8 Å². The maximum absolute atomic E-state index is 13.1. The smallest absolute Gasteiger partial charge is 0.324 e. The number of hydrogen-bond acceptors (Lipinski definition) is 7. The van der Waals surface area contributed by atoms with Crippen molar-refractivity contribution in [3.05, 3.63) is 82.1 Å². The first-order valence-corrected chi connectivity index (χ1v) is 13.9. The quantitative estimate of drug-likeness (QED) is 0.179. The molecule has 11 nitrogen and oxygen atoms in total. The second-order valence-corrected chi connectivity index (χ2v) is 11.2. The number of anilines is 3. The minimum Gasteiger partial charge on any atom is -0.497 e. The van der Waals surface area contributed by atoms with Crippen molar-refractivity contribution in [3.8, 4) is 17.2 Å². The molecule has 0 aliphatic carbocycles. The molecule has 4 rings (SSSR count). The Morgan fingerprint density at radius 3 is 2.35 bits per heavy atom. The number of aromatic nitrogens is 3. The van der Waals surface area contributed by atoms with Crippen molar-refractivity contribution in [3.63, 3.8) is 0 Å². The van der Waals surface area contributed by atoms with E-state index >= 15 is 0 Å². The predicted octanol–water partition coefficient (Wildman–Crippen LogP) is 6.69. The van der Waals surface area contributed by atoms with E-state index < -0.39 is 6.03 Å². The molecule has 3 amide bonds. The van der Waals surface area contributed by atoms with Gasteiger partial charge in [0.05, 0.1) is 29.2 Å². The topological polar surface area (TPSA) is 129 Å². The highest BCUT2D eigenvalue weighted by Gasteiger charge is 2.22. The molecule has 3 N–H and O–H groups in total. The number of amides is 3. The summed E-state index contributed by atoms with van der Waals surface area (Å²) in [5.74, 6) is 1.52. The fourth-order valence-corrected chi connectivity index (χ4v) is 4.29. The van der Waals surface area contributed by atoms with Gasteiger partial charge in [-0.15, -0.1) is 0 Å². The van der Waals surface area contributed by atoms with E-state index in [1.165, 1.54) is 7.11 Å². The average Bonchev–Trinajstić information content (AvgIpc) is 3.40. The zero-order chi connectivity index (χ0) is 31.1. The predicted molar refractivity (Wildman–Crippen MR) is 167 cm³/mol. The number of pyridine rings is 1. The van der Waals surface area contributed by atoms with Gasteiger partial charge in [0.15, 0.2) is 0 Å². The average molecular weight is 628 g/mol. The Kier molecular flexibility index (Phi) is 10.1. The van der Waals surface area contributed by atoms with E-state index in [0.29, 0.717) is 23.1 Å². The summed E-state index contributed by atoms with van der Waals surface area (Å²) in [6.45, 7) is 6.16. The summed E-state index contributed by atoms with van der Waals surface area (Å²) in [7, 11) is 3.03. The Balaban J connectivity index is 1.46. The lowest BCUT2D eigenvalue weighted by atomic mass is 9.92. The molecule has 0 unspecified atom stereocenters. The second kappa shape index (κ2) is 13.8. The third kappa shape index (κ3) is 8.16. The van der Waals surface area contributed by atoms with Crippen LogP contribution in [0.3, 0.4) is 0 Å². The Hall–Kier alpha value is -4.32. The molecule has 4 aromatic rings. The lowest BCUT2D eigenvalue weighted by Gasteiger charge is -2.14. The highest BCUT2D eigenvalue weighted by Crippen LogP contribution is 2.38. The molecule has 0 fully saturated rings. The largest absolute Gasteiger partial charge is 0.497 e. The molecule has 0 spiro atoms. The summed E-state index contributed by atoms with van der Waals surface area (Å²) >= 11 is 13.0. The van der Waals surface area contributed by atoms with Gasteiger partial charge in [-0.25, -0.2) is 14.5 Å². The highest BCUT2D eigenvalue weighted by atomic mass is 35.5. The van der Waals surface area contributed by atoms with E-state index in [4.69, 9.17) is 42.5 Å². The van der Waals surface area contributed by atoms with E-state index in [0.717, 1.165) is 16.9 Å². The number of nitrogens with one attached hydrogen (secondary N) is 3. The van der Waals surface area contributed by atoms with Crippen LogP contribution in [0, 0.1) is 0 Å². The van der Waals surface area contributed by atoms with Crippen molar-refractivity contribution in [2.45, 2.75) is 32.8 Å². The van der Waals surface area contributed by atoms with Crippen LogP contribution in [0.4, 0.5) is 22.1 Å². The fourth-order valence-electron chi connectivity index (χ4n) is 3.87. The van der Waals surface area contributed by atoms with Gasteiger partial charge in [0.2, 0.25) is 0 Å². The summed E-state index contributed by atoms with van der Waals surface area (Å²) in [4.78, 5) is 28.9. The summed E-state index contributed by atoms with van der Waals surface area (Å²) in [6, 6.07) is 15.2. The normalized spacial score (nSPS) is 11.1. The molecule has 0 aliphatic rings. The van der Waals surface area contributed by atoms with E-state index in [2.05, 4.69) is 20.9 Å². The van der Waals surface area contributed by atoms with Crippen molar-refractivity contribution in [1.82, 2.24) is 14.8 Å². The molecule has 0 bridgehead atoms. The first-order valence-electron chi connectivity index (χ1n) is 13.2. The SMILES string of the molecule is COCC(=O)Nc1cc(COc2ccc(NC(=O)Nc3cc(C(C)(C)C)nn3-c3ccc(OC)cc3)c(Cl)c2Cl)ccn1. The molecule has 226 valence electrons. The number of rotatable bonds is 10. The van der Waals surface area contributed by atoms with Crippen LogP contribution in [0.5, 0.6) is 11.5 Å². The number of carbonyl (C=O) groups excluding carboxylic acids is 2. The van der Waals surface area contributed by atoms with Gasteiger partial charge in [0.25, 0.3) is 5.91 Å². The Labute approximate surface area is 259 Å². The van der Waals surface area contributed by atoms with E-state index in [1.54, 1.807) is 42.3 Å². The third-order valence-electron chi connectivity index (χ3n) is 6.09. The molecule has 2 aromatic heterocycles. The van der Waals surface area contributed by atoms with E-state index in [9.17, 15) is 9.59 Å². The van der Waals surface area contributed by atoms with Crippen molar-refractivity contribution in [2.75, 3.05) is 36.8 Å². The molecular formula is C30H32Cl2N6O5. The van der Waals surface area contributed by atoms with E-state index in [1.807, 2.05) is 51.1 Å². The van der Waals surface area contributed by atoms with Crippen molar-refractivity contribution >= 4 is 52.5 Å². The Morgan fingerprint density at radius 1 is 0.930 bits per heavy atom. The first kappa shape index (κ1) is 31.6. The Bertz CT molecular complexity index is 1600. The lowest BCUT2D eigenvalue weighted by molar-refractivity contribution is -0.119. The maximum atomic E-state index is 13.1. The minimum atomic E-state index is -0.540. The lowest BCUT2D eigenvalue weighted by Crippen LogP contribution is -2.21. The monoisotopic (exact) mass is 626 g/mol. The first-order chi connectivity index (χ1) is 20.5. The molecule has 0 aliphatic heterocycles. The molecule has 2 aromatic carbocycles. The van der Waals surface area contributed by atoms with Gasteiger partial charge in [-0.1, -0.05) is 44.0 Å². The van der Waals surface area contributed by atoms with Gasteiger partial charge in [-0.05, 0) is 54.1 Å². The molecule has 0 saturated heterocycles. The Morgan fingerprint density at radius 2 is 1.67 bits per heavy atom. The van der Waals surface area contributed by atoms with Gasteiger partial charge in [-0.3, -0.25) is 10.1 Å². The number of methoxy groups -OCH3 is 2. The summed E-state index contributed by atoms with van der Waals surface area (Å²) in [6.07, 6.45) is 1.55. The van der Waals surface area contributed by atoms with Gasteiger partial charge < -0.3 is 24.8 Å². The van der Waals surface area contributed by atoms with Crippen LogP contribution in [0.2, 0.25) is 10.0 Å². The van der Waals surface area contributed by atoms with Crippen LogP contribution in [0.25, 0.3) is 5.69 Å². The molecule has 0 radical (unpaired) electrons. The standard InChI is InChI=1S/C30H32Cl2N6O5/c1-30(2,3)23-15-25(38(37-23)19-6-8-20(42-5)9-7-19)36-29(40)34-21-10-11-22(28(32)27(21)31)43-16-18-12-13-33-24(14-18)35-26(39)17-41-4/h6-15H,16-17H2,1-5H3,(H,33,35,39)(H2,34,36,40). The number of carbonyl (C=O) groups is 2. The molecule has 13 heteroatoms. The van der Waals surface area contributed by atoms with Crippen molar-refractivity contribution in [1.29, 1.82) is 0 Å². The number of benzene rings is 2.